The van der Waals surface area contributed by atoms with Crippen LogP contribution in [0, 0.1) is 12.4 Å². The Morgan fingerprint density at radius 3 is 2.27 bits per heavy atom. The second kappa shape index (κ2) is 9.39. The number of alkyl halides is 3. The van der Waals surface area contributed by atoms with Crippen LogP contribution < -0.4 is 4.74 Å². The second-order valence-corrected chi connectivity index (χ2v) is 7.36. The molecule has 0 aromatic carbocycles. The van der Waals surface area contributed by atoms with Gasteiger partial charge in [0.25, 0.3) is 0 Å². The molecule has 0 aliphatic heterocycles. The summed E-state index contributed by atoms with van der Waals surface area (Å²) in [5.41, 5.74) is 0.813. The van der Waals surface area contributed by atoms with E-state index in [9.17, 15) is 13.2 Å². The van der Waals surface area contributed by atoms with Gasteiger partial charge in [0.15, 0.2) is 0 Å². The number of hydrogen-bond acceptors (Lipinski definition) is 6. The molecule has 0 aliphatic carbocycles. The van der Waals surface area contributed by atoms with Gasteiger partial charge in [0.2, 0.25) is 6.01 Å². The van der Waals surface area contributed by atoms with Crippen molar-refractivity contribution >= 4 is 0 Å². The van der Waals surface area contributed by atoms with Crippen molar-refractivity contribution in [1.29, 1.82) is 0 Å². The van der Waals surface area contributed by atoms with E-state index in [-0.39, 0.29) is 32.9 Å². The van der Waals surface area contributed by atoms with Gasteiger partial charge in [0.05, 0.1) is 18.6 Å². The summed E-state index contributed by atoms with van der Waals surface area (Å²) in [6, 6.07) is 11.6. The van der Waals surface area contributed by atoms with Gasteiger partial charge in [-0.1, -0.05) is 36.0 Å². The standard InChI is InChI=1S/C22H17F3N6O.Pt/c1-21(2,16-7-4-6-15(28-16)14-12-26-20(32-3)27-13-14)17-8-5-9-19(29-17)31-11-10-18(30-31)22(23,24)25;/h4-10,12H,1-3H3;/q-2;+2. The Morgan fingerprint density at radius 2 is 1.67 bits per heavy atom. The van der Waals surface area contributed by atoms with E-state index < -0.39 is 17.3 Å². The zero-order chi connectivity index (χ0) is 22.9. The van der Waals surface area contributed by atoms with Gasteiger partial charge < -0.3 is 24.4 Å². The molecule has 33 heavy (non-hydrogen) atoms. The Hall–Kier alpha value is -3.13. The number of nitrogens with zero attached hydrogens (tertiary/aromatic N) is 6. The molecule has 4 heterocycles. The third kappa shape index (κ3) is 5.11. The van der Waals surface area contributed by atoms with Crippen molar-refractivity contribution in [3.63, 3.8) is 0 Å². The quantitative estimate of drug-likeness (QED) is 0.309. The van der Waals surface area contributed by atoms with Crippen LogP contribution in [0.2, 0.25) is 0 Å². The van der Waals surface area contributed by atoms with Crippen molar-refractivity contribution in [2.45, 2.75) is 25.4 Å². The first-order chi connectivity index (χ1) is 15.2. The number of pyridine rings is 2. The third-order valence-corrected chi connectivity index (χ3v) is 4.84. The van der Waals surface area contributed by atoms with Crippen LogP contribution in [0.4, 0.5) is 13.2 Å². The minimum Gasteiger partial charge on any atom is -0.510 e. The molecule has 4 aromatic rings. The molecule has 4 aromatic heterocycles. The van der Waals surface area contributed by atoms with Crippen molar-refractivity contribution in [3.05, 3.63) is 78.1 Å². The monoisotopic (exact) mass is 633 g/mol. The summed E-state index contributed by atoms with van der Waals surface area (Å²) in [5.74, 6) is 0.221. The first-order valence-electron chi connectivity index (χ1n) is 9.48. The van der Waals surface area contributed by atoms with E-state index in [0.717, 1.165) is 10.7 Å². The molecular formula is C22H17F3N6OPt. The summed E-state index contributed by atoms with van der Waals surface area (Å²) in [4.78, 5) is 17.3. The van der Waals surface area contributed by atoms with Crippen LogP contribution in [-0.2, 0) is 32.7 Å². The van der Waals surface area contributed by atoms with Crippen molar-refractivity contribution in [2.75, 3.05) is 7.11 Å². The molecule has 0 fully saturated rings. The zero-order valence-corrected chi connectivity index (χ0v) is 19.9. The Morgan fingerprint density at radius 1 is 0.970 bits per heavy atom. The van der Waals surface area contributed by atoms with Gasteiger partial charge in [0.1, 0.15) is 0 Å². The molecule has 0 bridgehead atoms. The summed E-state index contributed by atoms with van der Waals surface area (Å²) in [6.45, 7) is 3.85. The summed E-state index contributed by atoms with van der Waals surface area (Å²) in [6.07, 6.45) is 2.33. The van der Waals surface area contributed by atoms with Crippen LogP contribution in [0.3, 0.4) is 0 Å². The first kappa shape index (κ1) is 24.5. The molecule has 0 amide bonds. The molecule has 0 spiro atoms. The molecule has 0 saturated carbocycles. The first-order valence-corrected chi connectivity index (χ1v) is 9.48. The molecule has 0 aliphatic rings. The van der Waals surface area contributed by atoms with Crippen LogP contribution in [-0.4, -0.2) is 36.8 Å². The van der Waals surface area contributed by atoms with E-state index in [1.807, 2.05) is 32.0 Å². The predicted molar refractivity (Wildman–Crippen MR) is 108 cm³/mol. The van der Waals surface area contributed by atoms with E-state index in [2.05, 4.69) is 32.4 Å². The Balaban J connectivity index is 0.00000306. The van der Waals surface area contributed by atoms with E-state index in [0.29, 0.717) is 22.6 Å². The zero-order valence-electron chi connectivity index (χ0n) is 17.7. The van der Waals surface area contributed by atoms with Crippen LogP contribution >= 0.6 is 0 Å². The summed E-state index contributed by atoms with van der Waals surface area (Å²) in [5, 5.41) is 3.55. The van der Waals surface area contributed by atoms with Crippen molar-refractivity contribution < 1.29 is 39.0 Å². The molecule has 0 unspecified atom stereocenters. The van der Waals surface area contributed by atoms with Crippen molar-refractivity contribution in [2.24, 2.45) is 0 Å². The second-order valence-electron chi connectivity index (χ2n) is 7.36. The van der Waals surface area contributed by atoms with Gasteiger partial charge in [-0.25, -0.2) is 0 Å². The molecule has 4 rings (SSSR count). The van der Waals surface area contributed by atoms with E-state index in [1.165, 1.54) is 7.11 Å². The normalized spacial score (nSPS) is 11.7. The van der Waals surface area contributed by atoms with Crippen LogP contribution in [0.5, 0.6) is 6.01 Å². The number of hydrogen-bond donors (Lipinski definition) is 0. The van der Waals surface area contributed by atoms with E-state index in [1.54, 1.807) is 24.4 Å². The van der Waals surface area contributed by atoms with E-state index >= 15 is 0 Å². The van der Waals surface area contributed by atoms with Crippen LogP contribution in [0.1, 0.15) is 30.9 Å². The number of methoxy groups -OCH3 is 1. The maximum Gasteiger partial charge on any atom is 2.00 e. The van der Waals surface area contributed by atoms with Crippen molar-refractivity contribution in [1.82, 2.24) is 29.7 Å². The summed E-state index contributed by atoms with van der Waals surface area (Å²) in [7, 11) is 1.47. The maximum atomic E-state index is 12.9. The molecule has 7 nitrogen and oxygen atoms in total. The minimum atomic E-state index is -4.55. The number of aromatic nitrogens is 6. The van der Waals surface area contributed by atoms with Crippen LogP contribution in [0.15, 0.2) is 48.7 Å². The molecule has 172 valence electrons. The number of halogens is 3. The molecule has 0 atom stereocenters. The average Bonchev–Trinajstić information content (AvgIpc) is 3.30. The predicted octanol–water partition coefficient (Wildman–Crippen LogP) is 4.07. The molecule has 0 N–H and O–H groups in total. The van der Waals surface area contributed by atoms with Gasteiger partial charge in [-0.15, -0.1) is 6.07 Å². The fraction of sp³-hybridized carbons (Fsp3) is 0.227. The van der Waals surface area contributed by atoms with Gasteiger partial charge in [0, 0.05) is 16.8 Å². The Labute approximate surface area is 202 Å². The van der Waals surface area contributed by atoms with Crippen LogP contribution in [0.25, 0.3) is 17.1 Å². The summed E-state index contributed by atoms with van der Waals surface area (Å²) < 4.78 is 44.6. The Bertz CT molecular complexity index is 1240. The Kier molecular flexibility index (Phi) is 6.97. The molecule has 11 heteroatoms. The fourth-order valence-electron chi connectivity index (χ4n) is 3.00. The summed E-state index contributed by atoms with van der Waals surface area (Å²) >= 11 is 0. The SMILES string of the molecule is COc1n[c-]c(-c2cccc(C(C)(C)c3cccc(-n4[c-]cc(C(F)(F)F)n4)n3)n2)cn1.[Pt+2]. The average molecular weight is 633 g/mol. The smallest absolute Gasteiger partial charge is 0.510 e. The van der Waals surface area contributed by atoms with Gasteiger partial charge >= 0.3 is 27.2 Å². The largest absolute Gasteiger partial charge is 2.00 e. The number of ether oxygens (including phenoxy) is 1. The van der Waals surface area contributed by atoms with Gasteiger partial charge in [-0.2, -0.15) is 13.2 Å². The fourth-order valence-corrected chi connectivity index (χ4v) is 3.00. The molecule has 0 saturated heterocycles. The molecule has 0 radical (unpaired) electrons. The molecular weight excluding hydrogens is 616 g/mol. The third-order valence-electron chi connectivity index (χ3n) is 4.84. The minimum absolute atomic E-state index is 0. The number of rotatable bonds is 5. The van der Waals surface area contributed by atoms with Crippen molar-refractivity contribution in [3.8, 4) is 23.1 Å². The van der Waals surface area contributed by atoms with Gasteiger partial charge in [-0.05, 0) is 44.1 Å². The maximum absolute atomic E-state index is 12.9. The van der Waals surface area contributed by atoms with E-state index in [4.69, 9.17) is 9.72 Å². The topological polar surface area (TPSA) is 78.6 Å². The van der Waals surface area contributed by atoms with Gasteiger partial charge in [-0.3, -0.25) is 10.1 Å².